The molecule has 1 aliphatic heterocycles. The number of carboxylic acids is 1. The summed E-state index contributed by atoms with van der Waals surface area (Å²) in [6.45, 7) is 6.78. The summed E-state index contributed by atoms with van der Waals surface area (Å²) in [4.78, 5) is 12.8. The molecule has 0 amide bonds. The molecule has 1 saturated heterocycles. The Morgan fingerprint density at radius 2 is 2.36 bits per heavy atom. The van der Waals surface area contributed by atoms with E-state index in [9.17, 15) is 4.79 Å². The normalized spacial score (nSPS) is 29.0. The van der Waals surface area contributed by atoms with E-state index in [0.717, 1.165) is 19.7 Å². The fraction of sp³-hybridized carbons (Fsp3) is 0.900. The highest BCUT2D eigenvalue weighted by Gasteiger charge is 2.28. The molecule has 1 rings (SSSR count). The molecular weight excluding hydrogens is 182 g/mol. The molecule has 1 heterocycles. The number of rotatable bonds is 4. The van der Waals surface area contributed by atoms with E-state index in [1.807, 2.05) is 6.92 Å². The van der Waals surface area contributed by atoms with Gasteiger partial charge in [0.25, 0.3) is 0 Å². The first kappa shape index (κ1) is 11.5. The lowest BCUT2D eigenvalue weighted by molar-refractivity contribution is -0.138. The third kappa shape index (κ3) is 2.96. The van der Waals surface area contributed by atoms with E-state index in [4.69, 9.17) is 9.84 Å². The van der Waals surface area contributed by atoms with Crippen molar-refractivity contribution >= 4 is 5.97 Å². The highest BCUT2D eigenvalue weighted by atomic mass is 16.5. The molecule has 4 nitrogen and oxygen atoms in total. The number of nitrogens with zero attached hydrogens (tertiary/aromatic N) is 1. The van der Waals surface area contributed by atoms with Crippen LogP contribution in [0.25, 0.3) is 0 Å². The molecule has 1 aliphatic rings. The number of carbonyl (C=O) groups is 1. The summed E-state index contributed by atoms with van der Waals surface area (Å²) in [5, 5.41) is 8.63. The van der Waals surface area contributed by atoms with E-state index >= 15 is 0 Å². The second-order valence-corrected chi connectivity index (χ2v) is 3.70. The van der Waals surface area contributed by atoms with Crippen molar-refractivity contribution in [3.05, 3.63) is 0 Å². The molecule has 82 valence electrons. The minimum atomic E-state index is -0.723. The number of likely N-dealkylation sites (N-methyl/N-ethyl adjacent to an activating group) is 1. The zero-order chi connectivity index (χ0) is 10.6. The first-order chi connectivity index (χ1) is 6.65. The van der Waals surface area contributed by atoms with E-state index in [0.29, 0.717) is 6.42 Å². The maximum absolute atomic E-state index is 10.5. The molecule has 14 heavy (non-hydrogen) atoms. The first-order valence-electron chi connectivity index (χ1n) is 5.22. The van der Waals surface area contributed by atoms with Gasteiger partial charge in [-0.15, -0.1) is 0 Å². The summed E-state index contributed by atoms with van der Waals surface area (Å²) in [6.07, 6.45) is 1.07. The molecule has 0 aromatic carbocycles. The Balaban J connectivity index is 2.46. The van der Waals surface area contributed by atoms with Crippen LogP contribution >= 0.6 is 0 Å². The molecule has 0 spiro atoms. The van der Waals surface area contributed by atoms with Crippen molar-refractivity contribution in [3.8, 4) is 0 Å². The fourth-order valence-electron chi connectivity index (χ4n) is 2.01. The second-order valence-electron chi connectivity index (χ2n) is 3.70. The molecule has 2 atom stereocenters. The summed E-state index contributed by atoms with van der Waals surface area (Å²) in [5.41, 5.74) is 0. The molecule has 0 aromatic rings. The van der Waals surface area contributed by atoms with Crippen molar-refractivity contribution in [1.82, 2.24) is 4.90 Å². The molecule has 1 N–H and O–H groups in total. The standard InChI is InChI=1S/C10H19NO3/c1-3-11-6-7-14-8(2)9(11)4-5-10(12)13/h8-9H,3-7H2,1-2H3,(H,12,13)/t8-,9-/m0/s1. The topological polar surface area (TPSA) is 49.8 Å². The third-order valence-corrected chi connectivity index (χ3v) is 2.83. The number of morpholine rings is 1. The Kier molecular flexibility index (Phi) is 4.35. The smallest absolute Gasteiger partial charge is 0.303 e. The average molecular weight is 201 g/mol. The molecule has 0 bridgehead atoms. The van der Waals surface area contributed by atoms with Gasteiger partial charge in [0.2, 0.25) is 0 Å². The average Bonchev–Trinajstić information content (AvgIpc) is 2.15. The van der Waals surface area contributed by atoms with Gasteiger partial charge in [-0.1, -0.05) is 6.92 Å². The molecule has 4 heteroatoms. The molecule has 0 aliphatic carbocycles. The van der Waals surface area contributed by atoms with Crippen LogP contribution in [0.5, 0.6) is 0 Å². The van der Waals surface area contributed by atoms with Crippen LogP contribution in [0.1, 0.15) is 26.7 Å². The maximum Gasteiger partial charge on any atom is 0.303 e. The van der Waals surface area contributed by atoms with Crippen molar-refractivity contribution in [2.24, 2.45) is 0 Å². The van der Waals surface area contributed by atoms with Gasteiger partial charge in [0.15, 0.2) is 0 Å². The van der Waals surface area contributed by atoms with E-state index in [1.54, 1.807) is 0 Å². The zero-order valence-corrected chi connectivity index (χ0v) is 8.90. The predicted octanol–water partition coefficient (Wildman–Crippen LogP) is 0.960. The number of carboxylic acid groups (broad SMARTS) is 1. The van der Waals surface area contributed by atoms with Crippen LogP contribution in [0.4, 0.5) is 0 Å². The minimum absolute atomic E-state index is 0.156. The Morgan fingerprint density at radius 1 is 1.64 bits per heavy atom. The second kappa shape index (κ2) is 5.32. The first-order valence-corrected chi connectivity index (χ1v) is 5.22. The lowest BCUT2D eigenvalue weighted by Crippen LogP contribution is -2.50. The number of aliphatic carboxylic acids is 1. The van der Waals surface area contributed by atoms with Crippen molar-refractivity contribution < 1.29 is 14.6 Å². The Hall–Kier alpha value is -0.610. The Morgan fingerprint density at radius 3 is 2.93 bits per heavy atom. The van der Waals surface area contributed by atoms with Crippen LogP contribution in [0.3, 0.4) is 0 Å². The van der Waals surface area contributed by atoms with Gasteiger partial charge in [-0.2, -0.15) is 0 Å². The van der Waals surface area contributed by atoms with Crippen LogP contribution < -0.4 is 0 Å². The van der Waals surface area contributed by atoms with Crippen LogP contribution in [0.2, 0.25) is 0 Å². The summed E-state index contributed by atoms with van der Waals surface area (Å²) in [5.74, 6) is -0.723. The largest absolute Gasteiger partial charge is 0.481 e. The van der Waals surface area contributed by atoms with Gasteiger partial charge in [-0.3, -0.25) is 9.69 Å². The van der Waals surface area contributed by atoms with Gasteiger partial charge in [0.05, 0.1) is 12.7 Å². The molecule has 0 aromatic heterocycles. The van der Waals surface area contributed by atoms with Crippen molar-refractivity contribution in [2.45, 2.75) is 38.8 Å². The Bertz CT molecular complexity index is 196. The van der Waals surface area contributed by atoms with Crippen molar-refractivity contribution in [3.63, 3.8) is 0 Å². The minimum Gasteiger partial charge on any atom is -0.481 e. The van der Waals surface area contributed by atoms with E-state index in [1.165, 1.54) is 0 Å². The van der Waals surface area contributed by atoms with Crippen molar-refractivity contribution in [1.29, 1.82) is 0 Å². The van der Waals surface area contributed by atoms with Crippen molar-refractivity contribution in [2.75, 3.05) is 19.7 Å². The van der Waals surface area contributed by atoms with Crippen LogP contribution in [-0.4, -0.2) is 47.8 Å². The zero-order valence-electron chi connectivity index (χ0n) is 8.90. The highest BCUT2D eigenvalue weighted by molar-refractivity contribution is 5.66. The number of hydrogen-bond donors (Lipinski definition) is 1. The van der Waals surface area contributed by atoms with Gasteiger partial charge in [0, 0.05) is 19.0 Å². The predicted molar refractivity (Wildman–Crippen MR) is 53.3 cm³/mol. The SMILES string of the molecule is CCN1CCO[C@@H](C)[C@@H]1CCC(=O)O. The molecule has 0 radical (unpaired) electrons. The fourth-order valence-corrected chi connectivity index (χ4v) is 2.01. The molecular formula is C10H19NO3. The number of ether oxygens (including phenoxy) is 1. The molecule has 0 unspecified atom stereocenters. The maximum atomic E-state index is 10.5. The lowest BCUT2D eigenvalue weighted by atomic mass is 10.0. The van der Waals surface area contributed by atoms with E-state index in [-0.39, 0.29) is 18.6 Å². The highest BCUT2D eigenvalue weighted by Crippen LogP contribution is 2.18. The van der Waals surface area contributed by atoms with Gasteiger partial charge in [-0.05, 0) is 19.9 Å². The Labute approximate surface area is 84.8 Å². The quantitative estimate of drug-likeness (QED) is 0.736. The van der Waals surface area contributed by atoms with E-state index in [2.05, 4.69) is 11.8 Å². The van der Waals surface area contributed by atoms with Crippen LogP contribution in [-0.2, 0) is 9.53 Å². The molecule has 1 fully saturated rings. The van der Waals surface area contributed by atoms with E-state index < -0.39 is 5.97 Å². The van der Waals surface area contributed by atoms with Gasteiger partial charge in [0.1, 0.15) is 0 Å². The van der Waals surface area contributed by atoms with Crippen LogP contribution in [0.15, 0.2) is 0 Å². The van der Waals surface area contributed by atoms with Gasteiger partial charge < -0.3 is 9.84 Å². The van der Waals surface area contributed by atoms with Gasteiger partial charge >= 0.3 is 5.97 Å². The molecule has 0 saturated carbocycles. The monoisotopic (exact) mass is 201 g/mol. The lowest BCUT2D eigenvalue weighted by Gasteiger charge is -2.39. The third-order valence-electron chi connectivity index (χ3n) is 2.83. The van der Waals surface area contributed by atoms with Crippen LogP contribution in [0, 0.1) is 0 Å². The number of hydrogen-bond acceptors (Lipinski definition) is 3. The van der Waals surface area contributed by atoms with Gasteiger partial charge in [-0.25, -0.2) is 0 Å². The summed E-state index contributed by atoms with van der Waals surface area (Å²) < 4.78 is 5.52. The summed E-state index contributed by atoms with van der Waals surface area (Å²) in [6, 6.07) is 0.268. The summed E-state index contributed by atoms with van der Waals surface area (Å²) >= 11 is 0. The summed E-state index contributed by atoms with van der Waals surface area (Å²) in [7, 11) is 0.